The van der Waals surface area contributed by atoms with Gasteiger partial charge < -0.3 is 9.64 Å². The van der Waals surface area contributed by atoms with Gasteiger partial charge in [-0.05, 0) is 30.2 Å². The smallest absolute Gasteiger partial charge is 0.255 e. The second kappa shape index (κ2) is 5.55. The van der Waals surface area contributed by atoms with Crippen molar-refractivity contribution in [1.29, 1.82) is 0 Å². The van der Waals surface area contributed by atoms with Crippen molar-refractivity contribution < 1.29 is 9.53 Å². The molecule has 0 unspecified atom stereocenters. The number of carbonyl (C=O) groups is 1. The summed E-state index contributed by atoms with van der Waals surface area (Å²) < 4.78 is 5.69. The molecule has 0 spiro atoms. The van der Waals surface area contributed by atoms with Gasteiger partial charge in [0.05, 0.1) is 6.10 Å². The summed E-state index contributed by atoms with van der Waals surface area (Å²) in [5.41, 5.74) is 2.03. The molecule has 2 atom stereocenters. The Labute approximate surface area is 118 Å². The van der Waals surface area contributed by atoms with Crippen molar-refractivity contribution in [2.24, 2.45) is 0 Å². The van der Waals surface area contributed by atoms with E-state index >= 15 is 0 Å². The van der Waals surface area contributed by atoms with E-state index in [0.29, 0.717) is 0 Å². The lowest BCUT2D eigenvalue weighted by atomic mass is 10.1. The molecular weight excluding hydrogens is 258 g/mol. The van der Waals surface area contributed by atoms with E-state index in [1.165, 1.54) is 0 Å². The molecule has 1 aromatic rings. The molecule has 3 nitrogen and oxygen atoms in total. The summed E-state index contributed by atoms with van der Waals surface area (Å²) in [6.07, 6.45) is 2.41. The van der Waals surface area contributed by atoms with Gasteiger partial charge in [0.1, 0.15) is 5.37 Å². The molecule has 19 heavy (non-hydrogen) atoms. The van der Waals surface area contributed by atoms with Gasteiger partial charge in [0, 0.05) is 18.7 Å². The van der Waals surface area contributed by atoms with Gasteiger partial charge in [0.2, 0.25) is 0 Å². The molecule has 0 radical (unpaired) electrons. The maximum Gasteiger partial charge on any atom is 0.255 e. The summed E-state index contributed by atoms with van der Waals surface area (Å²) in [5, 5.41) is 0.165. The normalized spacial score (nSPS) is 25.9. The average Bonchev–Trinajstić information content (AvgIpc) is 3.02. The predicted octanol–water partition coefficient (Wildman–Crippen LogP) is 3.07. The average molecular weight is 277 g/mol. The minimum Gasteiger partial charge on any atom is -0.376 e. The van der Waals surface area contributed by atoms with E-state index in [1.807, 2.05) is 34.9 Å². The van der Waals surface area contributed by atoms with Crippen LogP contribution in [0, 0.1) is 0 Å². The molecule has 3 rings (SSSR count). The highest BCUT2D eigenvalue weighted by molar-refractivity contribution is 7.99. The van der Waals surface area contributed by atoms with Gasteiger partial charge in [0.25, 0.3) is 5.91 Å². The van der Waals surface area contributed by atoms with Crippen molar-refractivity contribution in [3.05, 3.63) is 35.4 Å². The number of carbonyl (C=O) groups excluding carboxylic acids is 1. The number of thioether (sulfide) groups is 1. The molecule has 2 aliphatic heterocycles. The number of rotatable bonds is 4. The van der Waals surface area contributed by atoms with Crippen molar-refractivity contribution in [1.82, 2.24) is 4.90 Å². The molecule has 1 aromatic carbocycles. The molecule has 4 heteroatoms. The Kier molecular flexibility index (Phi) is 3.80. The van der Waals surface area contributed by atoms with Crippen LogP contribution in [0.25, 0.3) is 0 Å². The van der Waals surface area contributed by atoms with Crippen molar-refractivity contribution in [3.8, 4) is 0 Å². The Bertz CT molecular complexity index is 471. The minimum atomic E-state index is 0.164. The van der Waals surface area contributed by atoms with E-state index in [-0.39, 0.29) is 17.4 Å². The fourth-order valence-corrected chi connectivity index (χ4v) is 3.92. The van der Waals surface area contributed by atoms with Crippen LogP contribution in [-0.2, 0) is 4.74 Å². The van der Waals surface area contributed by atoms with Gasteiger partial charge in [-0.3, -0.25) is 4.79 Å². The molecule has 2 heterocycles. The molecule has 0 bridgehead atoms. The molecule has 0 aliphatic carbocycles. The fourth-order valence-electron chi connectivity index (χ4n) is 2.86. The Morgan fingerprint density at radius 2 is 2.26 bits per heavy atom. The number of nitrogens with zero attached hydrogens (tertiary/aromatic N) is 1. The molecule has 0 saturated carbocycles. The van der Waals surface area contributed by atoms with Crippen molar-refractivity contribution >= 4 is 17.7 Å². The summed E-state index contributed by atoms with van der Waals surface area (Å²) in [6.45, 7) is 3.71. The predicted molar refractivity (Wildman–Crippen MR) is 77.3 cm³/mol. The zero-order valence-electron chi connectivity index (χ0n) is 11.2. The Morgan fingerprint density at radius 1 is 1.42 bits per heavy atom. The van der Waals surface area contributed by atoms with Crippen molar-refractivity contribution in [2.75, 3.05) is 18.9 Å². The first-order valence-electron chi connectivity index (χ1n) is 6.94. The first kappa shape index (κ1) is 13.0. The quantitative estimate of drug-likeness (QED) is 0.847. The van der Waals surface area contributed by atoms with Crippen LogP contribution in [-0.4, -0.2) is 35.8 Å². The molecule has 2 aliphatic rings. The van der Waals surface area contributed by atoms with Gasteiger partial charge in [-0.25, -0.2) is 0 Å². The Hall–Kier alpha value is -1.00. The first-order valence-corrected chi connectivity index (χ1v) is 7.99. The SMILES string of the molecule is CCS[C@H]1c2ccccc2C(=O)N1C[C@H]1CCCO1. The standard InChI is InChI=1S/C15H19NO2S/c1-2-19-15-13-8-4-3-7-12(13)14(17)16(15)10-11-6-5-9-18-11/h3-4,7-8,11,15H,2,5-6,9-10H2,1H3/t11-,15+/m1/s1. The van der Waals surface area contributed by atoms with Crippen LogP contribution in [0.5, 0.6) is 0 Å². The summed E-state index contributed by atoms with van der Waals surface area (Å²) in [7, 11) is 0. The van der Waals surface area contributed by atoms with Crippen molar-refractivity contribution in [2.45, 2.75) is 31.2 Å². The number of hydrogen-bond donors (Lipinski definition) is 0. The van der Waals surface area contributed by atoms with Gasteiger partial charge in [-0.2, -0.15) is 0 Å². The summed E-state index contributed by atoms with van der Waals surface area (Å²) in [4.78, 5) is 14.5. The van der Waals surface area contributed by atoms with E-state index < -0.39 is 0 Å². The summed E-state index contributed by atoms with van der Waals surface area (Å²) >= 11 is 1.83. The molecule has 0 N–H and O–H groups in total. The maximum atomic E-state index is 12.5. The van der Waals surface area contributed by atoms with Gasteiger partial charge in [-0.1, -0.05) is 25.1 Å². The van der Waals surface area contributed by atoms with Gasteiger partial charge in [0.15, 0.2) is 0 Å². The highest BCUT2D eigenvalue weighted by Gasteiger charge is 2.38. The van der Waals surface area contributed by atoms with Crippen molar-refractivity contribution in [3.63, 3.8) is 0 Å². The molecule has 1 amide bonds. The highest BCUT2D eigenvalue weighted by atomic mass is 32.2. The summed E-state index contributed by atoms with van der Waals surface area (Å²) in [6, 6.07) is 7.98. The number of ether oxygens (including phenoxy) is 1. The topological polar surface area (TPSA) is 29.5 Å². The number of hydrogen-bond acceptors (Lipinski definition) is 3. The van der Waals surface area contributed by atoms with Crippen LogP contribution >= 0.6 is 11.8 Å². The van der Waals surface area contributed by atoms with E-state index in [2.05, 4.69) is 13.0 Å². The second-order valence-corrected chi connectivity index (χ2v) is 6.34. The molecule has 1 saturated heterocycles. The monoisotopic (exact) mass is 277 g/mol. The second-order valence-electron chi connectivity index (χ2n) is 4.99. The Morgan fingerprint density at radius 3 is 3.00 bits per heavy atom. The van der Waals surface area contributed by atoms with Crippen LogP contribution in [0.4, 0.5) is 0 Å². The molecule has 0 aromatic heterocycles. The number of fused-ring (bicyclic) bond motifs is 1. The third kappa shape index (κ3) is 2.39. The van der Waals surface area contributed by atoms with E-state index in [1.54, 1.807) is 0 Å². The van der Waals surface area contributed by atoms with E-state index in [4.69, 9.17) is 4.74 Å². The lowest BCUT2D eigenvalue weighted by Gasteiger charge is -2.27. The van der Waals surface area contributed by atoms with Crippen LogP contribution in [0.1, 0.15) is 41.1 Å². The first-order chi connectivity index (χ1) is 9.31. The Balaban J connectivity index is 1.84. The van der Waals surface area contributed by atoms with E-state index in [0.717, 1.165) is 42.9 Å². The molecular formula is C15H19NO2S. The number of amides is 1. The molecule has 102 valence electrons. The van der Waals surface area contributed by atoms with Crippen LogP contribution < -0.4 is 0 Å². The third-order valence-corrected chi connectivity index (χ3v) is 4.91. The fraction of sp³-hybridized carbons (Fsp3) is 0.533. The lowest BCUT2D eigenvalue weighted by molar-refractivity contribution is 0.0537. The summed E-state index contributed by atoms with van der Waals surface area (Å²) in [5.74, 6) is 1.17. The van der Waals surface area contributed by atoms with Crippen LogP contribution in [0.15, 0.2) is 24.3 Å². The van der Waals surface area contributed by atoms with Gasteiger partial charge in [-0.15, -0.1) is 11.8 Å². The number of benzene rings is 1. The molecule has 1 fully saturated rings. The van der Waals surface area contributed by atoms with Crippen LogP contribution in [0.3, 0.4) is 0 Å². The largest absolute Gasteiger partial charge is 0.376 e. The van der Waals surface area contributed by atoms with Gasteiger partial charge >= 0.3 is 0 Å². The third-order valence-electron chi connectivity index (χ3n) is 3.75. The minimum absolute atomic E-state index is 0.164. The zero-order valence-corrected chi connectivity index (χ0v) is 12.0. The highest BCUT2D eigenvalue weighted by Crippen LogP contribution is 2.41. The van der Waals surface area contributed by atoms with E-state index in [9.17, 15) is 4.79 Å². The van der Waals surface area contributed by atoms with Crippen LogP contribution in [0.2, 0.25) is 0 Å². The lowest BCUT2D eigenvalue weighted by Crippen LogP contribution is -2.34. The maximum absolute atomic E-state index is 12.5. The zero-order chi connectivity index (χ0) is 13.2.